The summed E-state index contributed by atoms with van der Waals surface area (Å²) in [6, 6.07) is 0. The van der Waals surface area contributed by atoms with E-state index < -0.39 is 0 Å². The van der Waals surface area contributed by atoms with Crippen molar-refractivity contribution in [1.82, 2.24) is 4.90 Å². The van der Waals surface area contributed by atoms with Crippen molar-refractivity contribution in [3.63, 3.8) is 0 Å². The number of ether oxygens (including phenoxy) is 1. The lowest BCUT2D eigenvalue weighted by molar-refractivity contribution is -0.134. The van der Waals surface area contributed by atoms with Crippen molar-refractivity contribution < 1.29 is 9.53 Å². The lowest BCUT2D eigenvalue weighted by atomic mass is 10.1. The van der Waals surface area contributed by atoms with Crippen molar-refractivity contribution in [2.45, 2.75) is 11.8 Å². The van der Waals surface area contributed by atoms with Crippen LogP contribution >= 0.6 is 23.4 Å². The number of hydrogen-bond donors (Lipinski definition) is 0. The summed E-state index contributed by atoms with van der Waals surface area (Å²) >= 11 is 7.91. The maximum atomic E-state index is 12.1. The normalized spacial score (nSPS) is 32.7. The minimum atomic E-state index is -0.0505. The summed E-state index contributed by atoms with van der Waals surface area (Å²) in [5.74, 6) is 2.59. The summed E-state index contributed by atoms with van der Waals surface area (Å²) in [6.07, 6.45) is 1.02. The molecule has 15 heavy (non-hydrogen) atoms. The lowest BCUT2D eigenvalue weighted by Gasteiger charge is -2.24. The van der Waals surface area contributed by atoms with E-state index in [4.69, 9.17) is 16.3 Å². The molecule has 3 nitrogen and oxygen atoms in total. The van der Waals surface area contributed by atoms with Crippen LogP contribution < -0.4 is 0 Å². The van der Waals surface area contributed by atoms with E-state index in [-0.39, 0.29) is 17.2 Å². The van der Waals surface area contributed by atoms with Crippen LogP contribution in [-0.4, -0.2) is 54.0 Å². The Morgan fingerprint density at radius 1 is 1.53 bits per heavy atom. The fourth-order valence-electron chi connectivity index (χ4n) is 1.96. The van der Waals surface area contributed by atoms with Gasteiger partial charge in [0, 0.05) is 24.8 Å². The second-order valence-corrected chi connectivity index (χ2v) is 5.78. The molecule has 0 aromatic carbocycles. The minimum absolute atomic E-state index is 0.0505. The molecule has 2 saturated heterocycles. The average molecular weight is 250 g/mol. The van der Waals surface area contributed by atoms with Gasteiger partial charge in [-0.3, -0.25) is 4.79 Å². The van der Waals surface area contributed by atoms with Crippen LogP contribution in [0.4, 0.5) is 0 Å². The van der Waals surface area contributed by atoms with Gasteiger partial charge in [0.15, 0.2) is 0 Å². The van der Waals surface area contributed by atoms with Gasteiger partial charge in [0.2, 0.25) is 5.91 Å². The molecule has 2 aliphatic rings. The largest absolute Gasteiger partial charge is 0.378 e. The first kappa shape index (κ1) is 11.6. The molecule has 2 unspecified atom stereocenters. The summed E-state index contributed by atoms with van der Waals surface area (Å²) < 4.78 is 5.32. The molecule has 0 aliphatic carbocycles. The molecule has 2 rings (SSSR count). The summed E-state index contributed by atoms with van der Waals surface area (Å²) in [5.41, 5.74) is 0. The molecule has 0 aromatic heterocycles. The highest BCUT2D eigenvalue weighted by Crippen LogP contribution is 2.25. The molecule has 1 amide bonds. The van der Waals surface area contributed by atoms with E-state index in [2.05, 4.69) is 0 Å². The summed E-state index contributed by atoms with van der Waals surface area (Å²) in [6.45, 7) is 2.52. The zero-order valence-corrected chi connectivity index (χ0v) is 10.2. The Hall–Kier alpha value is 0.0700. The van der Waals surface area contributed by atoms with Crippen LogP contribution in [0.3, 0.4) is 0 Å². The third-order valence-corrected chi connectivity index (χ3v) is 4.24. The molecule has 0 saturated carbocycles. The molecule has 0 N–H and O–H groups in total. The average Bonchev–Trinajstić information content (AvgIpc) is 2.67. The lowest BCUT2D eigenvalue weighted by Crippen LogP contribution is -2.40. The van der Waals surface area contributed by atoms with Crippen molar-refractivity contribution >= 4 is 29.3 Å². The second kappa shape index (κ2) is 5.41. The van der Waals surface area contributed by atoms with Crippen LogP contribution in [0.5, 0.6) is 0 Å². The predicted octanol–water partition coefficient (Wildman–Crippen LogP) is 1.21. The van der Waals surface area contributed by atoms with Gasteiger partial charge in [-0.25, -0.2) is 0 Å². The molecular formula is C10H16ClNO2S. The van der Waals surface area contributed by atoms with Crippen molar-refractivity contribution in [1.29, 1.82) is 0 Å². The summed E-state index contributed by atoms with van der Waals surface area (Å²) in [4.78, 5) is 14.0. The van der Waals surface area contributed by atoms with Crippen LogP contribution in [0, 0.1) is 5.92 Å². The van der Waals surface area contributed by atoms with E-state index in [1.54, 1.807) is 0 Å². The highest BCUT2D eigenvalue weighted by Gasteiger charge is 2.29. The summed E-state index contributed by atoms with van der Waals surface area (Å²) in [7, 11) is 0. The van der Waals surface area contributed by atoms with E-state index >= 15 is 0 Å². The highest BCUT2D eigenvalue weighted by molar-refractivity contribution is 7.99. The van der Waals surface area contributed by atoms with Crippen LogP contribution in [0.25, 0.3) is 0 Å². The Balaban J connectivity index is 1.92. The quantitative estimate of drug-likeness (QED) is 0.655. The zero-order chi connectivity index (χ0) is 10.7. The van der Waals surface area contributed by atoms with Crippen molar-refractivity contribution in [2.24, 2.45) is 5.92 Å². The first-order chi connectivity index (χ1) is 7.27. The standard InChI is InChI=1S/C10H16ClNO2S/c11-9-5-12(2-3-14-6-9)10(13)8-1-4-15-7-8/h8-9H,1-7H2. The Morgan fingerprint density at radius 3 is 3.13 bits per heavy atom. The van der Waals surface area contributed by atoms with E-state index in [1.165, 1.54) is 0 Å². The SMILES string of the molecule is O=C(C1CCSC1)N1CCOCC(Cl)C1. The smallest absolute Gasteiger partial charge is 0.226 e. The van der Waals surface area contributed by atoms with Gasteiger partial charge in [-0.1, -0.05) is 0 Å². The van der Waals surface area contributed by atoms with E-state index in [0.717, 1.165) is 17.9 Å². The third kappa shape index (κ3) is 3.02. The van der Waals surface area contributed by atoms with E-state index in [0.29, 0.717) is 26.3 Å². The molecule has 0 bridgehead atoms. The van der Waals surface area contributed by atoms with Crippen LogP contribution in [0.1, 0.15) is 6.42 Å². The van der Waals surface area contributed by atoms with Crippen LogP contribution in [0.15, 0.2) is 0 Å². The molecule has 2 heterocycles. The van der Waals surface area contributed by atoms with E-state index in [9.17, 15) is 4.79 Å². The number of carbonyl (C=O) groups excluding carboxylic acids is 1. The fourth-order valence-corrected chi connectivity index (χ4v) is 3.42. The fraction of sp³-hybridized carbons (Fsp3) is 0.900. The number of halogens is 1. The maximum absolute atomic E-state index is 12.1. The van der Waals surface area contributed by atoms with Crippen LogP contribution in [-0.2, 0) is 9.53 Å². The number of amides is 1. The number of nitrogens with zero attached hydrogens (tertiary/aromatic N) is 1. The molecule has 86 valence electrons. The molecular weight excluding hydrogens is 234 g/mol. The van der Waals surface area contributed by atoms with Gasteiger partial charge in [-0.15, -0.1) is 11.6 Å². The molecule has 2 fully saturated rings. The first-order valence-electron chi connectivity index (χ1n) is 5.35. The summed E-state index contributed by atoms with van der Waals surface area (Å²) in [5, 5.41) is -0.0505. The third-order valence-electron chi connectivity index (χ3n) is 2.81. The molecule has 0 radical (unpaired) electrons. The monoisotopic (exact) mass is 249 g/mol. The first-order valence-corrected chi connectivity index (χ1v) is 6.95. The minimum Gasteiger partial charge on any atom is -0.378 e. The maximum Gasteiger partial charge on any atom is 0.226 e. The molecule has 0 spiro atoms. The van der Waals surface area contributed by atoms with Crippen molar-refractivity contribution in [3.05, 3.63) is 0 Å². The number of thioether (sulfide) groups is 1. The zero-order valence-electron chi connectivity index (χ0n) is 8.65. The van der Waals surface area contributed by atoms with Gasteiger partial charge < -0.3 is 9.64 Å². The molecule has 2 aliphatic heterocycles. The Bertz CT molecular complexity index is 233. The number of rotatable bonds is 1. The number of hydrogen-bond acceptors (Lipinski definition) is 3. The van der Waals surface area contributed by atoms with Crippen molar-refractivity contribution in [3.8, 4) is 0 Å². The van der Waals surface area contributed by atoms with Gasteiger partial charge in [0.05, 0.1) is 18.6 Å². The highest BCUT2D eigenvalue weighted by atomic mass is 35.5. The predicted molar refractivity (Wildman–Crippen MR) is 62.5 cm³/mol. The van der Waals surface area contributed by atoms with Crippen molar-refractivity contribution in [2.75, 3.05) is 37.8 Å². The van der Waals surface area contributed by atoms with Gasteiger partial charge in [-0.2, -0.15) is 11.8 Å². The van der Waals surface area contributed by atoms with Gasteiger partial charge in [-0.05, 0) is 12.2 Å². The Morgan fingerprint density at radius 2 is 2.40 bits per heavy atom. The molecule has 0 aromatic rings. The Labute approximate surface area is 99.5 Å². The Kier molecular flexibility index (Phi) is 4.17. The van der Waals surface area contributed by atoms with E-state index in [1.807, 2.05) is 16.7 Å². The number of alkyl halides is 1. The second-order valence-electron chi connectivity index (χ2n) is 4.02. The van der Waals surface area contributed by atoms with Gasteiger partial charge >= 0.3 is 0 Å². The number of carbonyl (C=O) groups is 1. The van der Waals surface area contributed by atoms with Gasteiger partial charge in [0.1, 0.15) is 0 Å². The topological polar surface area (TPSA) is 29.5 Å². The molecule has 2 atom stereocenters. The van der Waals surface area contributed by atoms with Gasteiger partial charge in [0.25, 0.3) is 0 Å². The molecule has 5 heteroatoms. The van der Waals surface area contributed by atoms with Crippen LogP contribution in [0.2, 0.25) is 0 Å².